The van der Waals surface area contributed by atoms with Crippen molar-refractivity contribution in [3.8, 4) is 0 Å². The maximum Gasteiger partial charge on any atom is 0.130 e. The maximum absolute atomic E-state index is 4.55. The van der Waals surface area contributed by atoms with Gasteiger partial charge in [-0.25, -0.2) is 0 Å². The van der Waals surface area contributed by atoms with Gasteiger partial charge in [0.2, 0.25) is 0 Å². The number of nitrogens with one attached hydrogen (secondary N) is 1. The first-order valence-electron chi connectivity index (χ1n) is 8.03. The van der Waals surface area contributed by atoms with Crippen LogP contribution in [0.15, 0.2) is 30.3 Å². The SMILES string of the molecule is Cc1nn(C)c(N(C)C)c1CNC[C@@H](c1ccccc1)N(C)C. The fraction of sp³-hybridized carbons (Fsp3) is 0.500. The van der Waals surface area contributed by atoms with Crippen LogP contribution in [-0.2, 0) is 13.6 Å². The zero-order valence-electron chi connectivity index (χ0n) is 15.2. The monoisotopic (exact) mass is 315 g/mol. The normalized spacial score (nSPS) is 12.7. The van der Waals surface area contributed by atoms with Gasteiger partial charge in [-0.2, -0.15) is 5.10 Å². The van der Waals surface area contributed by atoms with Crippen molar-refractivity contribution >= 4 is 5.82 Å². The first kappa shape index (κ1) is 17.5. The molecule has 0 amide bonds. The standard InChI is InChI=1S/C18H29N5/c1-14-16(18(22(4)5)23(6)20-14)12-19-13-17(21(2)3)15-10-8-7-9-11-15/h7-11,17,19H,12-13H2,1-6H3/t17-/m0/s1. The van der Waals surface area contributed by atoms with Crippen molar-refractivity contribution in [3.63, 3.8) is 0 Å². The summed E-state index contributed by atoms with van der Waals surface area (Å²) in [5.74, 6) is 1.16. The molecule has 5 heteroatoms. The summed E-state index contributed by atoms with van der Waals surface area (Å²) < 4.78 is 1.95. The van der Waals surface area contributed by atoms with Crippen molar-refractivity contribution in [1.82, 2.24) is 20.0 Å². The Labute approximate surface area is 139 Å². The van der Waals surface area contributed by atoms with Crippen LogP contribution in [0, 0.1) is 6.92 Å². The molecule has 0 spiro atoms. The third kappa shape index (κ3) is 4.12. The molecule has 0 radical (unpaired) electrons. The molecule has 0 fully saturated rings. The highest BCUT2D eigenvalue weighted by Gasteiger charge is 2.17. The fourth-order valence-corrected chi connectivity index (χ4v) is 3.06. The molecule has 0 unspecified atom stereocenters. The quantitative estimate of drug-likeness (QED) is 0.850. The van der Waals surface area contributed by atoms with Crippen LogP contribution in [0.5, 0.6) is 0 Å². The van der Waals surface area contributed by atoms with E-state index in [4.69, 9.17) is 0 Å². The largest absolute Gasteiger partial charge is 0.363 e. The van der Waals surface area contributed by atoms with Gasteiger partial charge in [-0.05, 0) is 26.6 Å². The summed E-state index contributed by atoms with van der Waals surface area (Å²) in [6.07, 6.45) is 0. The molecule has 2 rings (SSSR count). The number of benzene rings is 1. The van der Waals surface area contributed by atoms with Crippen LogP contribution in [0.3, 0.4) is 0 Å². The zero-order chi connectivity index (χ0) is 17.0. The van der Waals surface area contributed by atoms with Gasteiger partial charge in [0.25, 0.3) is 0 Å². The van der Waals surface area contributed by atoms with E-state index in [0.717, 1.165) is 24.6 Å². The first-order chi connectivity index (χ1) is 10.9. The second-order valence-corrected chi connectivity index (χ2v) is 6.43. The molecule has 1 aromatic heterocycles. The molecule has 0 aliphatic carbocycles. The lowest BCUT2D eigenvalue weighted by Gasteiger charge is -2.25. The van der Waals surface area contributed by atoms with E-state index < -0.39 is 0 Å². The number of nitrogens with zero attached hydrogens (tertiary/aromatic N) is 4. The Bertz CT molecular complexity index is 616. The first-order valence-corrected chi connectivity index (χ1v) is 8.03. The van der Waals surface area contributed by atoms with Crippen molar-refractivity contribution in [1.29, 1.82) is 0 Å². The van der Waals surface area contributed by atoms with Crippen LogP contribution in [0.2, 0.25) is 0 Å². The molecule has 5 nitrogen and oxygen atoms in total. The second-order valence-electron chi connectivity index (χ2n) is 6.43. The zero-order valence-corrected chi connectivity index (χ0v) is 15.2. The van der Waals surface area contributed by atoms with Crippen molar-refractivity contribution in [3.05, 3.63) is 47.2 Å². The minimum Gasteiger partial charge on any atom is -0.363 e. The summed E-state index contributed by atoms with van der Waals surface area (Å²) in [6.45, 7) is 3.80. The Morgan fingerprint density at radius 3 is 2.35 bits per heavy atom. The Morgan fingerprint density at radius 2 is 1.78 bits per heavy atom. The van der Waals surface area contributed by atoms with Gasteiger partial charge in [0.1, 0.15) is 5.82 Å². The molecule has 0 bridgehead atoms. The molecule has 0 saturated carbocycles. The summed E-state index contributed by atoms with van der Waals surface area (Å²) in [5.41, 5.74) is 3.69. The summed E-state index contributed by atoms with van der Waals surface area (Å²) in [5, 5.41) is 8.16. The topological polar surface area (TPSA) is 36.3 Å². The van der Waals surface area contributed by atoms with Crippen molar-refractivity contribution in [2.75, 3.05) is 39.6 Å². The molecule has 1 heterocycles. The van der Waals surface area contributed by atoms with Gasteiger partial charge in [0.05, 0.1) is 5.69 Å². The number of likely N-dealkylation sites (N-methyl/N-ethyl adjacent to an activating group) is 1. The van der Waals surface area contributed by atoms with Gasteiger partial charge < -0.3 is 15.1 Å². The fourth-order valence-electron chi connectivity index (χ4n) is 3.06. The molecular weight excluding hydrogens is 286 g/mol. The van der Waals surface area contributed by atoms with Crippen LogP contribution in [-0.4, -0.2) is 49.4 Å². The minimum absolute atomic E-state index is 0.357. The highest BCUT2D eigenvalue weighted by atomic mass is 15.4. The number of aryl methyl sites for hydroxylation is 2. The molecule has 126 valence electrons. The molecule has 23 heavy (non-hydrogen) atoms. The smallest absolute Gasteiger partial charge is 0.130 e. The van der Waals surface area contributed by atoms with E-state index in [-0.39, 0.29) is 0 Å². The lowest BCUT2D eigenvalue weighted by molar-refractivity contribution is 0.288. The molecule has 1 aromatic carbocycles. The minimum atomic E-state index is 0.357. The maximum atomic E-state index is 4.55. The van der Waals surface area contributed by atoms with Crippen molar-refractivity contribution in [2.45, 2.75) is 19.5 Å². The van der Waals surface area contributed by atoms with Crippen LogP contribution >= 0.6 is 0 Å². The van der Waals surface area contributed by atoms with Crippen LogP contribution in [0.1, 0.15) is 22.9 Å². The summed E-state index contributed by atoms with van der Waals surface area (Å²) in [4.78, 5) is 4.38. The second kappa shape index (κ2) is 7.62. The van der Waals surface area contributed by atoms with E-state index in [1.54, 1.807) is 0 Å². The number of aromatic nitrogens is 2. The molecule has 0 saturated heterocycles. The van der Waals surface area contributed by atoms with Crippen molar-refractivity contribution < 1.29 is 0 Å². The number of hydrogen-bond acceptors (Lipinski definition) is 4. The predicted octanol–water partition coefficient (Wildman–Crippen LogP) is 2.19. The van der Waals surface area contributed by atoms with Gasteiger partial charge in [0.15, 0.2) is 0 Å². The Balaban J connectivity index is 2.06. The molecule has 2 aromatic rings. The molecule has 0 aliphatic heterocycles. The Hall–Kier alpha value is -1.85. The van der Waals surface area contributed by atoms with Crippen molar-refractivity contribution in [2.24, 2.45) is 7.05 Å². The van der Waals surface area contributed by atoms with E-state index in [2.05, 4.69) is 85.7 Å². The summed E-state index contributed by atoms with van der Waals surface area (Å²) in [6, 6.07) is 11.0. The van der Waals surface area contributed by atoms with Crippen LogP contribution in [0.4, 0.5) is 5.82 Å². The average molecular weight is 315 g/mol. The van der Waals surface area contributed by atoms with Crippen LogP contribution < -0.4 is 10.2 Å². The van der Waals surface area contributed by atoms with Gasteiger partial charge in [-0.3, -0.25) is 4.68 Å². The van der Waals surface area contributed by atoms with Crippen LogP contribution in [0.25, 0.3) is 0 Å². The van der Waals surface area contributed by atoms with Gasteiger partial charge in [-0.1, -0.05) is 30.3 Å². The molecule has 1 N–H and O–H groups in total. The van der Waals surface area contributed by atoms with E-state index >= 15 is 0 Å². The summed E-state index contributed by atoms with van der Waals surface area (Å²) >= 11 is 0. The number of anilines is 1. The Kier molecular flexibility index (Phi) is 5.80. The third-order valence-corrected chi connectivity index (χ3v) is 4.18. The molecule has 0 aliphatic rings. The highest BCUT2D eigenvalue weighted by molar-refractivity contribution is 5.48. The lowest BCUT2D eigenvalue weighted by Crippen LogP contribution is -2.31. The van der Waals surface area contributed by atoms with Gasteiger partial charge >= 0.3 is 0 Å². The van der Waals surface area contributed by atoms with E-state index in [1.165, 1.54) is 11.1 Å². The highest BCUT2D eigenvalue weighted by Crippen LogP contribution is 2.22. The lowest BCUT2D eigenvalue weighted by atomic mass is 10.1. The summed E-state index contributed by atoms with van der Waals surface area (Å²) in [7, 11) is 10.4. The average Bonchev–Trinajstić information content (AvgIpc) is 2.78. The predicted molar refractivity (Wildman–Crippen MR) is 96.8 cm³/mol. The van der Waals surface area contributed by atoms with E-state index in [0.29, 0.717) is 6.04 Å². The Morgan fingerprint density at radius 1 is 1.13 bits per heavy atom. The number of hydrogen-bond donors (Lipinski definition) is 1. The van der Waals surface area contributed by atoms with Gasteiger partial charge in [0, 0.05) is 45.8 Å². The van der Waals surface area contributed by atoms with E-state index in [9.17, 15) is 0 Å². The number of rotatable bonds is 7. The molecular formula is C18H29N5. The molecule has 1 atom stereocenters. The van der Waals surface area contributed by atoms with E-state index in [1.807, 2.05) is 11.7 Å². The third-order valence-electron chi connectivity index (χ3n) is 4.18. The van der Waals surface area contributed by atoms with Gasteiger partial charge in [-0.15, -0.1) is 0 Å².